The number of imide groups is 1. The number of fused-ring (bicyclic) bond motifs is 1. The first-order valence-corrected chi connectivity index (χ1v) is 18.8. The topological polar surface area (TPSA) is 112 Å². The van der Waals surface area contributed by atoms with Crippen molar-refractivity contribution < 1.29 is 27.5 Å². The number of halogens is 4. The van der Waals surface area contributed by atoms with Crippen LogP contribution >= 0.6 is 11.6 Å². The number of piperazine rings is 1. The van der Waals surface area contributed by atoms with Gasteiger partial charge >= 0.3 is 0 Å². The molecule has 290 valence electrons. The largest absolute Gasteiger partial charge is 0.496 e. The lowest BCUT2D eigenvalue weighted by atomic mass is 9.96. The van der Waals surface area contributed by atoms with Crippen molar-refractivity contribution in [3.63, 3.8) is 0 Å². The second-order valence-electron chi connectivity index (χ2n) is 14.2. The molecule has 2 unspecified atom stereocenters. The third-order valence-electron chi connectivity index (χ3n) is 10.8. The van der Waals surface area contributed by atoms with Gasteiger partial charge in [0, 0.05) is 92.7 Å². The van der Waals surface area contributed by atoms with Crippen molar-refractivity contribution in [2.75, 3.05) is 56.6 Å². The van der Waals surface area contributed by atoms with Gasteiger partial charge in [0.15, 0.2) is 0 Å². The number of aromatic nitrogens is 2. The molecule has 5 heterocycles. The Morgan fingerprint density at radius 1 is 1.05 bits per heavy atom. The predicted octanol–water partition coefficient (Wildman–Crippen LogP) is 5.69. The first kappa shape index (κ1) is 38.4. The number of amides is 2. The zero-order chi connectivity index (χ0) is 38.9. The molecule has 0 radical (unpaired) electrons. The molecule has 15 heteroatoms. The number of likely N-dealkylation sites (tertiary alicyclic amines) is 1. The van der Waals surface area contributed by atoms with E-state index in [-0.39, 0.29) is 30.9 Å². The SMILES string of the molecule is C/C=C/Cn1cc(-c2cc(Cl)c(CN3CCC(N4CCN(c5ccc(NC6CCC(=O)NC6=O)cc5F)CC4)C(F)(F)C3)c(OC)c2)c2ccncc2c1=O. The summed E-state index contributed by atoms with van der Waals surface area (Å²) < 4.78 is 54.5. The molecular weight excluding hydrogens is 735 g/mol. The second-order valence-corrected chi connectivity index (χ2v) is 14.7. The van der Waals surface area contributed by atoms with Gasteiger partial charge in [0.1, 0.15) is 17.6 Å². The third kappa shape index (κ3) is 8.07. The normalized spacial score (nSPS) is 20.9. The Balaban J connectivity index is 0.998. The Hall–Kier alpha value is -4.92. The number of alkyl halides is 2. The molecule has 3 aliphatic heterocycles. The highest BCUT2D eigenvalue weighted by atomic mass is 35.5. The number of methoxy groups -OCH3 is 1. The molecule has 0 aliphatic carbocycles. The minimum atomic E-state index is -3.01. The van der Waals surface area contributed by atoms with Crippen LogP contribution in [0.2, 0.25) is 5.02 Å². The zero-order valence-electron chi connectivity index (χ0n) is 30.7. The summed E-state index contributed by atoms with van der Waals surface area (Å²) in [5.41, 5.74) is 2.72. The Morgan fingerprint density at radius 2 is 1.85 bits per heavy atom. The molecule has 2 aromatic heterocycles. The Bertz CT molecular complexity index is 2190. The molecule has 4 aromatic rings. The standard InChI is InChI=1S/C40H43ClF3N7O4/c1-3-4-12-51-23-29(27-9-11-45-21-28(27)39(51)54)25-18-31(41)30(35(19-25)55-2)22-48-13-10-36(40(43,44)24-48)50-16-14-49(15-17-50)34-7-5-26(20-32(34)42)46-33-6-8-37(52)47-38(33)53/h3-5,7,9,11,18-21,23,33,36,46H,6,8,10,12-17,22,24H2,1-2H3,(H,47,52,53)/b4-3+. The van der Waals surface area contributed by atoms with Crippen molar-refractivity contribution in [1.29, 1.82) is 0 Å². The molecule has 0 bridgehead atoms. The second kappa shape index (κ2) is 16.0. The van der Waals surface area contributed by atoms with E-state index in [4.69, 9.17) is 16.3 Å². The van der Waals surface area contributed by atoms with E-state index >= 15 is 13.2 Å². The van der Waals surface area contributed by atoms with E-state index in [9.17, 15) is 14.4 Å². The van der Waals surface area contributed by atoms with Crippen LogP contribution in [-0.2, 0) is 22.7 Å². The number of rotatable bonds is 10. The molecule has 0 spiro atoms. The average molecular weight is 778 g/mol. The number of hydrogen-bond acceptors (Lipinski definition) is 9. The van der Waals surface area contributed by atoms with Gasteiger partial charge in [-0.3, -0.25) is 34.5 Å². The summed E-state index contributed by atoms with van der Waals surface area (Å²) in [6.07, 6.45) is 9.50. The minimum Gasteiger partial charge on any atom is -0.496 e. The van der Waals surface area contributed by atoms with E-state index < -0.39 is 36.3 Å². The number of hydrogen-bond donors (Lipinski definition) is 2. The molecule has 2 N–H and O–H groups in total. The number of anilines is 2. The molecule has 3 saturated heterocycles. The maximum Gasteiger partial charge on any atom is 0.275 e. The molecular formula is C40H43ClF3N7O4. The molecule has 2 amide bonds. The first-order valence-electron chi connectivity index (χ1n) is 18.4. The number of nitrogens with one attached hydrogen (secondary N) is 2. The van der Waals surface area contributed by atoms with E-state index in [0.29, 0.717) is 84.2 Å². The molecule has 3 fully saturated rings. The van der Waals surface area contributed by atoms with Crippen molar-refractivity contribution in [3.8, 4) is 16.9 Å². The lowest BCUT2D eigenvalue weighted by Gasteiger charge is -2.46. The highest BCUT2D eigenvalue weighted by molar-refractivity contribution is 6.32. The van der Waals surface area contributed by atoms with Gasteiger partial charge in [-0.05, 0) is 67.1 Å². The lowest BCUT2D eigenvalue weighted by molar-refractivity contribution is -0.133. The summed E-state index contributed by atoms with van der Waals surface area (Å²) in [5.74, 6) is -3.80. The van der Waals surface area contributed by atoms with Gasteiger partial charge in [-0.25, -0.2) is 13.2 Å². The highest BCUT2D eigenvalue weighted by Crippen LogP contribution is 2.39. The molecule has 55 heavy (non-hydrogen) atoms. The number of benzene rings is 2. The number of carbonyl (C=O) groups excluding carboxylic acids is 2. The smallest absolute Gasteiger partial charge is 0.275 e. The number of piperidine rings is 2. The minimum absolute atomic E-state index is 0.160. The van der Waals surface area contributed by atoms with Gasteiger partial charge in [-0.2, -0.15) is 0 Å². The third-order valence-corrected chi connectivity index (χ3v) is 11.1. The van der Waals surface area contributed by atoms with Crippen molar-refractivity contribution in [3.05, 3.63) is 93.9 Å². The number of carbonyl (C=O) groups is 2. The van der Waals surface area contributed by atoms with Gasteiger partial charge in [-0.1, -0.05) is 23.8 Å². The average Bonchev–Trinajstić information content (AvgIpc) is 3.16. The van der Waals surface area contributed by atoms with Crippen LogP contribution in [0, 0.1) is 5.82 Å². The van der Waals surface area contributed by atoms with Crippen LogP contribution in [0.3, 0.4) is 0 Å². The van der Waals surface area contributed by atoms with Crippen LogP contribution in [0.15, 0.2) is 71.9 Å². The van der Waals surface area contributed by atoms with Crippen molar-refractivity contribution >= 4 is 45.6 Å². The summed E-state index contributed by atoms with van der Waals surface area (Å²) >= 11 is 6.89. The molecule has 3 aliphatic rings. The summed E-state index contributed by atoms with van der Waals surface area (Å²) in [6, 6.07) is 8.43. The van der Waals surface area contributed by atoms with Gasteiger partial charge < -0.3 is 19.5 Å². The van der Waals surface area contributed by atoms with Crippen LogP contribution in [0.5, 0.6) is 5.75 Å². The maximum atomic E-state index is 15.9. The molecule has 11 nitrogen and oxygen atoms in total. The van der Waals surface area contributed by atoms with Crippen LogP contribution in [0.1, 0.15) is 31.7 Å². The van der Waals surface area contributed by atoms with Crippen molar-refractivity contribution in [1.82, 2.24) is 24.7 Å². The van der Waals surface area contributed by atoms with Crippen LogP contribution in [-0.4, -0.2) is 95.5 Å². The van der Waals surface area contributed by atoms with E-state index in [1.54, 1.807) is 52.3 Å². The zero-order valence-corrected chi connectivity index (χ0v) is 31.4. The maximum absolute atomic E-state index is 15.9. The molecule has 2 aromatic carbocycles. The van der Waals surface area contributed by atoms with Crippen molar-refractivity contribution in [2.45, 2.75) is 57.3 Å². The van der Waals surface area contributed by atoms with Gasteiger partial charge in [0.25, 0.3) is 11.5 Å². The fraction of sp³-hybridized carbons (Fsp3) is 0.400. The lowest BCUT2D eigenvalue weighted by Crippen LogP contribution is -2.61. The highest BCUT2D eigenvalue weighted by Gasteiger charge is 2.48. The number of ether oxygens (including phenoxy) is 1. The van der Waals surface area contributed by atoms with E-state index in [1.165, 1.54) is 13.2 Å². The van der Waals surface area contributed by atoms with Gasteiger partial charge in [0.2, 0.25) is 11.8 Å². The fourth-order valence-corrected chi connectivity index (χ4v) is 8.16. The Morgan fingerprint density at radius 3 is 2.56 bits per heavy atom. The van der Waals surface area contributed by atoms with E-state index in [1.807, 2.05) is 34.9 Å². The number of allylic oxidation sites excluding steroid dienone is 2. The van der Waals surface area contributed by atoms with Crippen LogP contribution in [0.4, 0.5) is 24.5 Å². The summed E-state index contributed by atoms with van der Waals surface area (Å²) in [4.78, 5) is 46.2. The Kier molecular flexibility index (Phi) is 11.2. The van der Waals surface area contributed by atoms with E-state index in [0.717, 1.165) is 11.1 Å². The summed E-state index contributed by atoms with van der Waals surface area (Å²) in [6.45, 7) is 3.86. The molecule has 0 saturated carbocycles. The summed E-state index contributed by atoms with van der Waals surface area (Å²) in [7, 11) is 1.52. The van der Waals surface area contributed by atoms with Crippen LogP contribution < -0.4 is 25.8 Å². The van der Waals surface area contributed by atoms with E-state index in [2.05, 4.69) is 15.6 Å². The molecule has 7 rings (SSSR count). The first-order chi connectivity index (χ1) is 26.4. The van der Waals surface area contributed by atoms with Gasteiger partial charge in [-0.15, -0.1) is 0 Å². The monoisotopic (exact) mass is 777 g/mol. The summed E-state index contributed by atoms with van der Waals surface area (Å²) in [5, 5.41) is 6.82. The number of pyridine rings is 2. The quantitative estimate of drug-likeness (QED) is 0.155. The van der Waals surface area contributed by atoms with Crippen LogP contribution in [0.25, 0.3) is 21.9 Å². The number of nitrogens with zero attached hydrogens (tertiary/aromatic N) is 5. The predicted molar refractivity (Wildman–Crippen MR) is 206 cm³/mol. The Labute approximate surface area is 321 Å². The molecule has 2 atom stereocenters. The fourth-order valence-electron chi connectivity index (χ4n) is 7.89. The van der Waals surface area contributed by atoms with Gasteiger partial charge in [0.05, 0.1) is 30.8 Å². The van der Waals surface area contributed by atoms with Crippen molar-refractivity contribution in [2.24, 2.45) is 0 Å².